The molecule has 1 aliphatic heterocycles. The van der Waals surface area contributed by atoms with Crippen LogP contribution in [0.4, 0.5) is 17.2 Å². The molecule has 1 fully saturated rings. The van der Waals surface area contributed by atoms with E-state index in [0.717, 1.165) is 34.3 Å². The second-order valence-electron chi connectivity index (χ2n) is 8.33. The first-order valence-electron chi connectivity index (χ1n) is 11.0. The Kier molecular flexibility index (Phi) is 4.76. The summed E-state index contributed by atoms with van der Waals surface area (Å²) in [6, 6.07) is 18.2. The maximum absolute atomic E-state index is 12.4. The zero-order valence-electron chi connectivity index (χ0n) is 18.3. The van der Waals surface area contributed by atoms with Crippen LogP contribution in [0.15, 0.2) is 85.6 Å². The fraction of sp³-hybridized carbons (Fsp3) is 0.115. The van der Waals surface area contributed by atoms with Crippen molar-refractivity contribution in [3.05, 3.63) is 96.7 Å². The summed E-state index contributed by atoms with van der Waals surface area (Å²) in [5.74, 6) is 0.673. The van der Waals surface area contributed by atoms with E-state index in [2.05, 4.69) is 50.1 Å². The number of hydrogen-bond donors (Lipinski definition) is 1. The Bertz CT molecular complexity index is 1560. The molecular weight excluding hydrogens is 426 g/mol. The van der Waals surface area contributed by atoms with Gasteiger partial charge in [0.1, 0.15) is 18.5 Å². The molecule has 8 heteroatoms. The molecule has 4 heterocycles. The van der Waals surface area contributed by atoms with Crippen molar-refractivity contribution in [2.24, 2.45) is 0 Å². The quantitative estimate of drug-likeness (QED) is 0.404. The molecule has 0 aliphatic carbocycles. The number of pyridine rings is 1. The summed E-state index contributed by atoms with van der Waals surface area (Å²) in [7, 11) is 0. The monoisotopic (exact) mass is 447 g/mol. The van der Waals surface area contributed by atoms with Crippen molar-refractivity contribution in [3.63, 3.8) is 0 Å². The number of nitrogens with zero attached hydrogens (tertiary/aromatic N) is 6. The van der Waals surface area contributed by atoms with E-state index in [1.165, 1.54) is 11.1 Å². The van der Waals surface area contributed by atoms with Gasteiger partial charge in [0.05, 0.1) is 5.52 Å². The number of fused-ring (bicyclic) bond motifs is 2. The second kappa shape index (κ2) is 8.08. The van der Waals surface area contributed by atoms with Crippen LogP contribution < -0.4 is 10.2 Å². The molecule has 0 bridgehead atoms. The molecule has 0 atom stereocenters. The van der Waals surface area contributed by atoms with Crippen LogP contribution in [0.5, 0.6) is 0 Å². The number of rotatable bonds is 5. The standard InChI is InChI=1S/C26H21N7O/c1-17-8-10-32(26(17)34)21-6-7-23-22(14-21)25(29-15-27-23)31-20-4-2-18(3-5-20)12-19-9-11-33-24(13-19)28-16-30-33/h2-7,9,11,13-16H,1,8,10,12H2,(H,27,29,31). The van der Waals surface area contributed by atoms with Gasteiger partial charge in [0.15, 0.2) is 5.65 Å². The highest BCUT2D eigenvalue weighted by molar-refractivity contribution is 6.08. The lowest BCUT2D eigenvalue weighted by Crippen LogP contribution is -2.24. The minimum absolute atomic E-state index is 0.0236. The van der Waals surface area contributed by atoms with E-state index in [4.69, 9.17) is 0 Å². The van der Waals surface area contributed by atoms with Gasteiger partial charge in [0.2, 0.25) is 0 Å². The third-order valence-electron chi connectivity index (χ3n) is 6.09. The van der Waals surface area contributed by atoms with Crippen molar-refractivity contribution in [3.8, 4) is 0 Å². The molecule has 0 spiro atoms. The molecule has 2 aromatic carbocycles. The molecule has 34 heavy (non-hydrogen) atoms. The normalized spacial score (nSPS) is 13.8. The van der Waals surface area contributed by atoms with Crippen LogP contribution in [0.1, 0.15) is 17.5 Å². The van der Waals surface area contributed by atoms with Crippen LogP contribution in [0.25, 0.3) is 16.6 Å². The first kappa shape index (κ1) is 20.0. The Morgan fingerprint density at radius 3 is 2.65 bits per heavy atom. The Morgan fingerprint density at radius 2 is 1.82 bits per heavy atom. The van der Waals surface area contributed by atoms with Crippen LogP contribution in [0, 0.1) is 0 Å². The molecule has 0 saturated carbocycles. The number of hydrogen-bond acceptors (Lipinski definition) is 6. The van der Waals surface area contributed by atoms with E-state index in [0.29, 0.717) is 24.4 Å². The fourth-order valence-electron chi connectivity index (χ4n) is 4.25. The lowest BCUT2D eigenvalue weighted by molar-refractivity contribution is -0.114. The molecule has 5 aromatic rings. The number of amides is 1. The summed E-state index contributed by atoms with van der Waals surface area (Å²) >= 11 is 0. The third-order valence-corrected chi connectivity index (χ3v) is 6.09. The SMILES string of the molecule is C=C1CCN(c2ccc3ncnc(Nc4ccc(Cc5ccn6ncnc6c5)cc4)c3c2)C1=O. The van der Waals surface area contributed by atoms with Crippen LogP contribution in [0.2, 0.25) is 0 Å². The van der Waals surface area contributed by atoms with Gasteiger partial charge in [-0.3, -0.25) is 4.79 Å². The van der Waals surface area contributed by atoms with E-state index in [-0.39, 0.29) is 5.91 Å². The molecule has 6 rings (SSSR count). The van der Waals surface area contributed by atoms with Gasteiger partial charge < -0.3 is 10.2 Å². The van der Waals surface area contributed by atoms with E-state index in [1.807, 2.05) is 42.6 Å². The van der Waals surface area contributed by atoms with Crippen LogP contribution in [-0.2, 0) is 11.2 Å². The zero-order chi connectivity index (χ0) is 23.1. The largest absolute Gasteiger partial charge is 0.340 e. The summed E-state index contributed by atoms with van der Waals surface area (Å²) in [4.78, 5) is 27.2. The van der Waals surface area contributed by atoms with E-state index in [1.54, 1.807) is 22.1 Å². The highest BCUT2D eigenvalue weighted by atomic mass is 16.2. The van der Waals surface area contributed by atoms with Gasteiger partial charge in [-0.1, -0.05) is 18.7 Å². The van der Waals surface area contributed by atoms with E-state index >= 15 is 0 Å². The van der Waals surface area contributed by atoms with Gasteiger partial charge in [0.25, 0.3) is 5.91 Å². The smallest absolute Gasteiger partial charge is 0.253 e. The topological polar surface area (TPSA) is 88.3 Å². The zero-order valence-corrected chi connectivity index (χ0v) is 18.3. The average molecular weight is 448 g/mol. The molecule has 166 valence electrons. The predicted molar refractivity (Wildman–Crippen MR) is 131 cm³/mol. The molecule has 1 amide bonds. The van der Waals surface area contributed by atoms with Gasteiger partial charge in [0, 0.05) is 35.1 Å². The van der Waals surface area contributed by atoms with Crippen molar-refractivity contribution in [2.45, 2.75) is 12.8 Å². The van der Waals surface area contributed by atoms with Crippen molar-refractivity contribution >= 4 is 39.6 Å². The molecule has 0 unspecified atom stereocenters. The number of carbonyl (C=O) groups is 1. The highest BCUT2D eigenvalue weighted by Gasteiger charge is 2.25. The average Bonchev–Trinajstić information content (AvgIpc) is 3.46. The lowest BCUT2D eigenvalue weighted by Gasteiger charge is -2.17. The molecule has 0 radical (unpaired) electrons. The molecule has 1 N–H and O–H groups in total. The van der Waals surface area contributed by atoms with Crippen molar-refractivity contribution in [2.75, 3.05) is 16.8 Å². The number of aromatic nitrogens is 5. The van der Waals surface area contributed by atoms with Gasteiger partial charge in [-0.15, -0.1) is 0 Å². The maximum Gasteiger partial charge on any atom is 0.253 e. The Hall–Kier alpha value is -4.59. The Labute approximate surface area is 195 Å². The molecular formula is C26H21N7O. The van der Waals surface area contributed by atoms with Crippen molar-refractivity contribution in [1.82, 2.24) is 24.6 Å². The number of anilines is 3. The molecule has 1 saturated heterocycles. The van der Waals surface area contributed by atoms with Crippen LogP contribution in [0.3, 0.4) is 0 Å². The van der Waals surface area contributed by atoms with Gasteiger partial charge in [-0.25, -0.2) is 19.5 Å². The summed E-state index contributed by atoms with van der Waals surface area (Å²) in [5, 5.41) is 8.40. The van der Waals surface area contributed by atoms with E-state index in [9.17, 15) is 4.79 Å². The number of carbonyl (C=O) groups excluding carboxylic acids is 1. The van der Waals surface area contributed by atoms with Crippen molar-refractivity contribution in [1.29, 1.82) is 0 Å². The number of nitrogens with one attached hydrogen (secondary N) is 1. The van der Waals surface area contributed by atoms with E-state index < -0.39 is 0 Å². The van der Waals surface area contributed by atoms with Gasteiger partial charge in [-0.2, -0.15) is 5.10 Å². The number of benzene rings is 2. The second-order valence-corrected chi connectivity index (χ2v) is 8.33. The first-order valence-corrected chi connectivity index (χ1v) is 11.0. The minimum atomic E-state index is -0.0236. The summed E-state index contributed by atoms with van der Waals surface area (Å²) in [5.41, 5.74) is 6.41. The summed E-state index contributed by atoms with van der Waals surface area (Å²) in [6.45, 7) is 4.50. The fourth-order valence-corrected chi connectivity index (χ4v) is 4.25. The summed E-state index contributed by atoms with van der Waals surface area (Å²) < 4.78 is 1.75. The Balaban J connectivity index is 1.24. The molecule has 8 nitrogen and oxygen atoms in total. The lowest BCUT2D eigenvalue weighted by atomic mass is 10.1. The van der Waals surface area contributed by atoms with Crippen LogP contribution in [-0.4, -0.2) is 37.0 Å². The first-order chi connectivity index (χ1) is 16.6. The Morgan fingerprint density at radius 1 is 0.941 bits per heavy atom. The summed E-state index contributed by atoms with van der Waals surface area (Å²) in [6.07, 6.45) is 6.51. The highest BCUT2D eigenvalue weighted by Crippen LogP contribution is 2.30. The van der Waals surface area contributed by atoms with Gasteiger partial charge in [-0.05, 0) is 66.4 Å². The molecule has 3 aromatic heterocycles. The maximum atomic E-state index is 12.4. The minimum Gasteiger partial charge on any atom is -0.340 e. The van der Waals surface area contributed by atoms with Gasteiger partial charge >= 0.3 is 0 Å². The predicted octanol–water partition coefficient (Wildman–Crippen LogP) is 4.30. The van der Waals surface area contributed by atoms with Crippen LogP contribution >= 0.6 is 0 Å². The van der Waals surface area contributed by atoms with Crippen molar-refractivity contribution < 1.29 is 4.79 Å². The molecule has 1 aliphatic rings. The third kappa shape index (κ3) is 3.65.